The first-order valence-electron chi connectivity index (χ1n) is 11.6. The Morgan fingerprint density at radius 1 is 1.03 bits per heavy atom. The van der Waals surface area contributed by atoms with Gasteiger partial charge in [0.2, 0.25) is 11.9 Å². The number of hydrogen-bond acceptors (Lipinski definition) is 8. The summed E-state index contributed by atoms with van der Waals surface area (Å²) in [6, 6.07) is 12.9. The molecular formula is C26H26N8O2. The number of piperazine rings is 1. The molecule has 1 amide bonds. The molecule has 0 atom stereocenters. The third kappa shape index (κ3) is 4.93. The maximum Gasteiger partial charge on any atom is 0.247 e. The van der Waals surface area contributed by atoms with Gasteiger partial charge in [0.15, 0.2) is 11.1 Å². The second kappa shape index (κ2) is 9.96. The molecule has 2 N–H and O–H groups in total. The molecule has 1 aromatic carbocycles. The summed E-state index contributed by atoms with van der Waals surface area (Å²) in [5.41, 5.74) is 2.76. The first kappa shape index (κ1) is 23.2. The van der Waals surface area contributed by atoms with E-state index in [1.54, 1.807) is 29.1 Å². The van der Waals surface area contributed by atoms with Crippen LogP contribution < -0.4 is 21.0 Å². The van der Waals surface area contributed by atoms with Gasteiger partial charge in [0, 0.05) is 74.0 Å². The van der Waals surface area contributed by atoms with Gasteiger partial charge in [0.1, 0.15) is 5.82 Å². The molecule has 0 radical (unpaired) electrons. The van der Waals surface area contributed by atoms with Gasteiger partial charge in [-0.15, -0.1) is 0 Å². The second-order valence-corrected chi connectivity index (χ2v) is 8.54. The van der Waals surface area contributed by atoms with Crippen LogP contribution in [0.4, 0.5) is 23.0 Å². The smallest absolute Gasteiger partial charge is 0.247 e. The zero-order valence-electron chi connectivity index (χ0n) is 19.9. The van der Waals surface area contributed by atoms with Crippen LogP contribution in [0.2, 0.25) is 0 Å². The number of hydrogen-bond donors (Lipinski definition) is 2. The van der Waals surface area contributed by atoms with Crippen molar-refractivity contribution in [2.75, 3.05) is 48.8 Å². The van der Waals surface area contributed by atoms with E-state index in [-0.39, 0.29) is 11.3 Å². The SMILES string of the molecule is C=CC(=O)Nc1ccnc(-n2ccc(=O)c3cnc(Nc4ccc(N5CCN(C)CC5)cc4)nc32)c1. The zero-order chi connectivity index (χ0) is 25.1. The Hall–Kier alpha value is -4.57. The average Bonchev–Trinajstić information content (AvgIpc) is 2.90. The van der Waals surface area contributed by atoms with Gasteiger partial charge in [-0.05, 0) is 43.5 Å². The number of nitrogens with one attached hydrogen (secondary N) is 2. The van der Waals surface area contributed by atoms with E-state index >= 15 is 0 Å². The number of fused-ring (bicyclic) bond motifs is 1. The summed E-state index contributed by atoms with van der Waals surface area (Å²) in [5.74, 6) is 0.512. The number of aromatic nitrogens is 4. The summed E-state index contributed by atoms with van der Waals surface area (Å²) in [7, 11) is 2.14. The minimum Gasteiger partial charge on any atom is -0.369 e. The van der Waals surface area contributed by atoms with Gasteiger partial charge >= 0.3 is 0 Å². The maximum atomic E-state index is 12.5. The van der Waals surface area contributed by atoms with Crippen molar-refractivity contribution in [3.8, 4) is 5.82 Å². The van der Waals surface area contributed by atoms with E-state index in [2.05, 4.69) is 61.1 Å². The molecule has 0 spiro atoms. The minimum atomic E-state index is -0.329. The summed E-state index contributed by atoms with van der Waals surface area (Å²) < 4.78 is 1.68. The van der Waals surface area contributed by atoms with Crippen LogP contribution in [-0.4, -0.2) is 63.6 Å². The van der Waals surface area contributed by atoms with Gasteiger partial charge in [-0.1, -0.05) is 6.58 Å². The highest BCUT2D eigenvalue weighted by atomic mass is 16.1. The number of nitrogens with zero attached hydrogens (tertiary/aromatic N) is 6. The normalized spacial score (nSPS) is 14.0. The van der Waals surface area contributed by atoms with Crippen molar-refractivity contribution in [3.05, 3.63) is 83.9 Å². The lowest BCUT2D eigenvalue weighted by Gasteiger charge is -2.34. The predicted octanol–water partition coefficient (Wildman–Crippen LogP) is 2.80. The van der Waals surface area contributed by atoms with Crippen LogP contribution in [0.5, 0.6) is 0 Å². The van der Waals surface area contributed by atoms with Crippen LogP contribution in [0.25, 0.3) is 16.9 Å². The number of likely N-dealkylation sites (N-methyl/N-ethyl adjacent to an activating group) is 1. The Labute approximate surface area is 207 Å². The van der Waals surface area contributed by atoms with Crippen LogP contribution in [0, 0.1) is 0 Å². The Kier molecular flexibility index (Phi) is 6.42. The molecule has 4 aromatic rings. The number of carbonyl (C=O) groups is 1. The molecule has 0 unspecified atom stereocenters. The maximum absolute atomic E-state index is 12.5. The van der Waals surface area contributed by atoms with E-state index in [0.717, 1.165) is 31.9 Å². The number of amides is 1. The number of rotatable bonds is 6. The molecular weight excluding hydrogens is 456 g/mol. The van der Waals surface area contributed by atoms with Crippen molar-refractivity contribution < 1.29 is 4.79 Å². The van der Waals surface area contributed by atoms with Crippen molar-refractivity contribution in [2.24, 2.45) is 0 Å². The molecule has 0 aliphatic carbocycles. The highest BCUT2D eigenvalue weighted by Crippen LogP contribution is 2.22. The zero-order valence-corrected chi connectivity index (χ0v) is 19.9. The second-order valence-electron chi connectivity index (χ2n) is 8.54. The molecule has 4 heterocycles. The van der Waals surface area contributed by atoms with Crippen molar-refractivity contribution >= 4 is 40.0 Å². The topological polar surface area (TPSA) is 108 Å². The van der Waals surface area contributed by atoms with Gasteiger partial charge in [0.05, 0.1) is 5.39 Å². The molecule has 10 nitrogen and oxygen atoms in total. The highest BCUT2D eigenvalue weighted by molar-refractivity contribution is 5.99. The van der Waals surface area contributed by atoms with Crippen molar-refractivity contribution in [1.82, 2.24) is 24.4 Å². The van der Waals surface area contributed by atoms with Crippen LogP contribution in [0.3, 0.4) is 0 Å². The molecule has 0 saturated carbocycles. The fourth-order valence-electron chi connectivity index (χ4n) is 4.05. The number of pyridine rings is 2. The summed E-state index contributed by atoms with van der Waals surface area (Å²) in [5, 5.41) is 6.29. The van der Waals surface area contributed by atoms with Crippen LogP contribution in [0.1, 0.15) is 0 Å². The Morgan fingerprint density at radius 3 is 2.56 bits per heavy atom. The monoisotopic (exact) mass is 482 g/mol. The number of benzene rings is 1. The number of anilines is 4. The minimum absolute atomic E-state index is 0.194. The van der Waals surface area contributed by atoms with Crippen LogP contribution >= 0.6 is 0 Å². The lowest BCUT2D eigenvalue weighted by atomic mass is 10.2. The van der Waals surface area contributed by atoms with E-state index in [9.17, 15) is 9.59 Å². The van der Waals surface area contributed by atoms with E-state index < -0.39 is 0 Å². The van der Waals surface area contributed by atoms with E-state index in [1.165, 1.54) is 24.0 Å². The summed E-state index contributed by atoms with van der Waals surface area (Å²) in [6.07, 6.45) is 5.87. The molecule has 36 heavy (non-hydrogen) atoms. The third-order valence-corrected chi connectivity index (χ3v) is 6.07. The Morgan fingerprint density at radius 2 is 1.81 bits per heavy atom. The standard InChI is InChI=1S/C26H26N8O2/c1-3-24(36)29-19-8-10-27-23(16-19)34-11-9-22(35)21-17-28-26(31-25(21)34)30-18-4-6-20(7-5-18)33-14-12-32(2)13-15-33/h3-11,16-17H,1,12-15H2,2H3,(H,27,29,36)(H,28,30,31). The molecule has 5 rings (SSSR count). The van der Waals surface area contributed by atoms with Gasteiger partial charge in [-0.25, -0.2) is 9.97 Å². The molecule has 1 aliphatic rings. The predicted molar refractivity (Wildman–Crippen MR) is 141 cm³/mol. The van der Waals surface area contributed by atoms with Gasteiger partial charge in [-0.3, -0.25) is 14.2 Å². The third-order valence-electron chi connectivity index (χ3n) is 6.07. The molecule has 1 saturated heterocycles. The van der Waals surface area contributed by atoms with Crippen molar-refractivity contribution in [2.45, 2.75) is 0 Å². The fraction of sp³-hybridized carbons (Fsp3) is 0.192. The molecule has 182 valence electrons. The highest BCUT2D eigenvalue weighted by Gasteiger charge is 2.14. The van der Waals surface area contributed by atoms with E-state index in [4.69, 9.17) is 0 Å². The van der Waals surface area contributed by atoms with Crippen LogP contribution in [0.15, 0.2) is 78.5 Å². The summed E-state index contributed by atoms with van der Waals surface area (Å²) in [4.78, 5) is 42.2. The Balaban J connectivity index is 1.43. The van der Waals surface area contributed by atoms with E-state index in [0.29, 0.717) is 28.5 Å². The summed E-state index contributed by atoms with van der Waals surface area (Å²) >= 11 is 0. The van der Waals surface area contributed by atoms with E-state index in [1.807, 2.05) is 12.1 Å². The quantitative estimate of drug-likeness (QED) is 0.404. The first-order chi connectivity index (χ1) is 17.5. The Bertz CT molecular complexity index is 1470. The molecule has 10 heteroatoms. The lowest BCUT2D eigenvalue weighted by molar-refractivity contribution is -0.111. The first-order valence-corrected chi connectivity index (χ1v) is 11.6. The largest absolute Gasteiger partial charge is 0.369 e. The molecule has 1 aliphatic heterocycles. The molecule has 0 bridgehead atoms. The van der Waals surface area contributed by atoms with Crippen molar-refractivity contribution in [3.63, 3.8) is 0 Å². The number of carbonyl (C=O) groups excluding carboxylic acids is 1. The molecule has 1 fully saturated rings. The average molecular weight is 483 g/mol. The molecule has 3 aromatic heterocycles. The van der Waals surface area contributed by atoms with Crippen LogP contribution in [-0.2, 0) is 4.79 Å². The van der Waals surface area contributed by atoms with Crippen molar-refractivity contribution in [1.29, 1.82) is 0 Å². The summed E-state index contributed by atoms with van der Waals surface area (Å²) in [6.45, 7) is 7.56. The lowest BCUT2D eigenvalue weighted by Crippen LogP contribution is -2.44. The van der Waals surface area contributed by atoms with Gasteiger partial charge in [0.25, 0.3) is 0 Å². The fourth-order valence-corrected chi connectivity index (χ4v) is 4.05. The van der Waals surface area contributed by atoms with Gasteiger partial charge in [-0.2, -0.15) is 4.98 Å². The van der Waals surface area contributed by atoms with Gasteiger partial charge < -0.3 is 20.4 Å².